The van der Waals surface area contributed by atoms with Crippen LogP contribution in [0.1, 0.15) is 44.7 Å². The second kappa shape index (κ2) is 7.27. The quantitative estimate of drug-likeness (QED) is 0.793. The van der Waals surface area contributed by atoms with E-state index in [1.54, 1.807) is 11.3 Å². The molecule has 2 rings (SSSR count). The first kappa shape index (κ1) is 14.0. The molecule has 0 aromatic carbocycles. The number of likely N-dealkylation sites (tertiary alicyclic amines) is 1. The van der Waals surface area contributed by atoms with E-state index >= 15 is 0 Å². The van der Waals surface area contributed by atoms with Gasteiger partial charge in [0.15, 0.2) is 0 Å². The highest BCUT2D eigenvalue weighted by Gasteiger charge is 2.14. The van der Waals surface area contributed by atoms with Crippen molar-refractivity contribution in [3.05, 3.63) is 22.4 Å². The minimum Gasteiger partial charge on any atom is -0.310 e. The van der Waals surface area contributed by atoms with Crippen molar-refractivity contribution in [3.8, 4) is 0 Å². The SMILES string of the molecule is CC1CCN(CCCNC(C)c2ccsc2)CC1. The predicted octanol–water partition coefficient (Wildman–Crippen LogP) is 3.52. The summed E-state index contributed by atoms with van der Waals surface area (Å²) in [4.78, 5) is 2.62. The van der Waals surface area contributed by atoms with Gasteiger partial charge in [-0.2, -0.15) is 11.3 Å². The molecule has 1 atom stereocenters. The van der Waals surface area contributed by atoms with Gasteiger partial charge in [-0.3, -0.25) is 0 Å². The molecule has 0 bridgehead atoms. The zero-order valence-corrected chi connectivity index (χ0v) is 12.5. The summed E-state index contributed by atoms with van der Waals surface area (Å²) in [6.07, 6.45) is 4.04. The molecule has 18 heavy (non-hydrogen) atoms. The molecule has 2 nitrogen and oxygen atoms in total. The molecule has 1 aromatic heterocycles. The van der Waals surface area contributed by atoms with Crippen LogP contribution in [-0.2, 0) is 0 Å². The van der Waals surface area contributed by atoms with Crippen molar-refractivity contribution in [1.82, 2.24) is 10.2 Å². The number of thiophene rings is 1. The predicted molar refractivity (Wildman–Crippen MR) is 80.2 cm³/mol. The third-order valence-corrected chi connectivity index (χ3v) is 4.72. The van der Waals surface area contributed by atoms with Gasteiger partial charge in [0.2, 0.25) is 0 Å². The standard InChI is InChI=1S/C15H26N2S/c1-13-4-9-17(10-5-13)8-3-7-16-14(2)15-6-11-18-12-15/h6,11-14,16H,3-5,7-10H2,1-2H3. The number of hydrogen-bond donors (Lipinski definition) is 1. The van der Waals surface area contributed by atoms with Gasteiger partial charge in [-0.1, -0.05) is 6.92 Å². The van der Waals surface area contributed by atoms with Gasteiger partial charge in [-0.15, -0.1) is 0 Å². The average molecular weight is 266 g/mol. The molecule has 1 fully saturated rings. The Morgan fingerprint density at radius 2 is 2.22 bits per heavy atom. The molecule has 102 valence electrons. The van der Waals surface area contributed by atoms with Crippen LogP contribution in [0.25, 0.3) is 0 Å². The maximum atomic E-state index is 3.61. The van der Waals surface area contributed by atoms with Crippen molar-refractivity contribution < 1.29 is 0 Å². The van der Waals surface area contributed by atoms with Crippen LogP contribution in [0, 0.1) is 5.92 Å². The molecule has 0 aliphatic carbocycles. The van der Waals surface area contributed by atoms with Crippen molar-refractivity contribution in [2.24, 2.45) is 5.92 Å². The second-order valence-electron chi connectivity index (χ2n) is 5.61. The number of piperidine rings is 1. The summed E-state index contributed by atoms with van der Waals surface area (Å²) in [7, 11) is 0. The Kier molecular flexibility index (Phi) is 5.67. The summed E-state index contributed by atoms with van der Waals surface area (Å²) in [5.41, 5.74) is 1.42. The lowest BCUT2D eigenvalue weighted by Gasteiger charge is -2.30. The summed E-state index contributed by atoms with van der Waals surface area (Å²) < 4.78 is 0. The van der Waals surface area contributed by atoms with Gasteiger partial charge in [0.05, 0.1) is 0 Å². The van der Waals surface area contributed by atoms with Crippen LogP contribution in [0.5, 0.6) is 0 Å². The van der Waals surface area contributed by atoms with E-state index < -0.39 is 0 Å². The minimum absolute atomic E-state index is 0.498. The Balaban J connectivity index is 1.56. The first-order chi connectivity index (χ1) is 8.75. The highest BCUT2D eigenvalue weighted by atomic mass is 32.1. The Hall–Kier alpha value is -0.380. The third kappa shape index (κ3) is 4.38. The fraction of sp³-hybridized carbons (Fsp3) is 0.733. The van der Waals surface area contributed by atoms with E-state index in [0.29, 0.717) is 6.04 Å². The molecule has 1 aliphatic heterocycles. The molecule has 0 amide bonds. The fourth-order valence-electron chi connectivity index (χ4n) is 2.55. The number of hydrogen-bond acceptors (Lipinski definition) is 3. The Morgan fingerprint density at radius 3 is 2.89 bits per heavy atom. The zero-order valence-electron chi connectivity index (χ0n) is 11.7. The van der Waals surface area contributed by atoms with Crippen molar-refractivity contribution in [1.29, 1.82) is 0 Å². The van der Waals surface area contributed by atoms with Gasteiger partial charge < -0.3 is 10.2 Å². The molecule has 0 saturated carbocycles. The van der Waals surface area contributed by atoms with E-state index in [-0.39, 0.29) is 0 Å². The normalized spacial score (nSPS) is 20.1. The summed E-state index contributed by atoms with van der Waals surface area (Å²) in [6.45, 7) is 9.63. The smallest absolute Gasteiger partial charge is 0.0300 e. The molecule has 1 unspecified atom stereocenters. The van der Waals surface area contributed by atoms with Crippen LogP contribution in [0.2, 0.25) is 0 Å². The largest absolute Gasteiger partial charge is 0.310 e. The first-order valence-electron chi connectivity index (χ1n) is 7.23. The van der Waals surface area contributed by atoms with Gasteiger partial charge in [0, 0.05) is 6.04 Å². The highest BCUT2D eigenvalue weighted by molar-refractivity contribution is 7.07. The van der Waals surface area contributed by atoms with E-state index in [9.17, 15) is 0 Å². The maximum Gasteiger partial charge on any atom is 0.0300 e. The first-order valence-corrected chi connectivity index (χ1v) is 8.18. The fourth-order valence-corrected chi connectivity index (χ4v) is 3.30. The van der Waals surface area contributed by atoms with E-state index in [1.165, 1.54) is 44.5 Å². The van der Waals surface area contributed by atoms with E-state index in [2.05, 4.69) is 40.9 Å². The molecule has 2 heterocycles. The minimum atomic E-state index is 0.498. The topological polar surface area (TPSA) is 15.3 Å². The van der Waals surface area contributed by atoms with Gasteiger partial charge in [0.1, 0.15) is 0 Å². The molecule has 1 aliphatic rings. The van der Waals surface area contributed by atoms with Crippen molar-refractivity contribution >= 4 is 11.3 Å². The lowest BCUT2D eigenvalue weighted by molar-refractivity contribution is 0.190. The van der Waals surface area contributed by atoms with Gasteiger partial charge in [0.25, 0.3) is 0 Å². The Labute approximate surface area is 115 Å². The Bertz CT molecular complexity index is 315. The summed E-state index contributed by atoms with van der Waals surface area (Å²) in [5, 5.41) is 8.01. The molecule has 0 radical (unpaired) electrons. The maximum absolute atomic E-state index is 3.61. The van der Waals surface area contributed by atoms with Crippen molar-refractivity contribution in [2.75, 3.05) is 26.2 Å². The van der Waals surface area contributed by atoms with Crippen LogP contribution < -0.4 is 5.32 Å². The summed E-state index contributed by atoms with van der Waals surface area (Å²) in [6, 6.07) is 2.71. The summed E-state index contributed by atoms with van der Waals surface area (Å²) >= 11 is 1.78. The van der Waals surface area contributed by atoms with E-state index in [0.717, 1.165) is 12.5 Å². The highest BCUT2D eigenvalue weighted by Crippen LogP contribution is 2.17. The molecular weight excluding hydrogens is 240 g/mol. The number of rotatable bonds is 6. The molecular formula is C15H26N2S. The summed E-state index contributed by atoms with van der Waals surface area (Å²) in [5.74, 6) is 0.943. The van der Waals surface area contributed by atoms with E-state index in [4.69, 9.17) is 0 Å². The number of nitrogens with zero attached hydrogens (tertiary/aromatic N) is 1. The lowest BCUT2D eigenvalue weighted by atomic mass is 9.99. The number of nitrogens with one attached hydrogen (secondary N) is 1. The average Bonchev–Trinajstić information content (AvgIpc) is 2.90. The van der Waals surface area contributed by atoms with Gasteiger partial charge in [-0.05, 0) is 80.7 Å². The van der Waals surface area contributed by atoms with E-state index in [1.807, 2.05) is 0 Å². The van der Waals surface area contributed by atoms with Crippen LogP contribution in [0.3, 0.4) is 0 Å². The zero-order chi connectivity index (χ0) is 12.8. The Morgan fingerprint density at radius 1 is 1.44 bits per heavy atom. The van der Waals surface area contributed by atoms with Crippen LogP contribution in [0.15, 0.2) is 16.8 Å². The molecule has 1 saturated heterocycles. The van der Waals surface area contributed by atoms with Gasteiger partial charge in [-0.25, -0.2) is 0 Å². The van der Waals surface area contributed by atoms with Crippen molar-refractivity contribution in [3.63, 3.8) is 0 Å². The lowest BCUT2D eigenvalue weighted by Crippen LogP contribution is -2.35. The molecule has 1 N–H and O–H groups in total. The van der Waals surface area contributed by atoms with Crippen LogP contribution in [0.4, 0.5) is 0 Å². The second-order valence-corrected chi connectivity index (χ2v) is 6.39. The van der Waals surface area contributed by atoms with Gasteiger partial charge >= 0.3 is 0 Å². The molecule has 1 aromatic rings. The monoisotopic (exact) mass is 266 g/mol. The van der Waals surface area contributed by atoms with Crippen LogP contribution >= 0.6 is 11.3 Å². The molecule has 0 spiro atoms. The van der Waals surface area contributed by atoms with Crippen molar-refractivity contribution in [2.45, 2.75) is 39.2 Å². The third-order valence-electron chi connectivity index (χ3n) is 4.02. The molecule has 3 heteroatoms. The van der Waals surface area contributed by atoms with Crippen LogP contribution in [-0.4, -0.2) is 31.1 Å².